The molecule has 1 aliphatic heterocycles. The molecule has 0 unspecified atom stereocenters. The van der Waals surface area contributed by atoms with E-state index in [1.807, 2.05) is 0 Å². The first kappa shape index (κ1) is 9.91. The number of hydrogen-bond acceptors (Lipinski definition) is 1. The zero-order valence-corrected chi connectivity index (χ0v) is 9.66. The number of benzene rings is 1. The van der Waals surface area contributed by atoms with Crippen molar-refractivity contribution in [3.63, 3.8) is 0 Å². The van der Waals surface area contributed by atoms with Gasteiger partial charge in [-0.05, 0) is 37.3 Å². The topological polar surface area (TPSA) is 25.2 Å². The fourth-order valence-electron chi connectivity index (χ4n) is 3.02. The third-order valence-electron chi connectivity index (χ3n) is 3.75. The second-order valence-corrected chi connectivity index (χ2v) is 4.61. The van der Waals surface area contributed by atoms with Crippen molar-refractivity contribution in [1.82, 2.24) is 4.57 Å². The van der Waals surface area contributed by atoms with Crippen LogP contribution in [-0.2, 0) is 19.4 Å². The van der Waals surface area contributed by atoms with Gasteiger partial charge >= 0.3 is 0 Å². The van der Waals surface area contributed by atoms with Crippen molar-refractivity contribution in [2.24, 2.45) is 0 Å². The molecule has 0 bridgehead atoms. The van der Waals surface area contributed by atoms with Crippen molar-refractivity contribution < 1.29 is 5.11 Å². The molecule has 0 saturated carbocycles. The lowest BCUT2D eigenvalue weighted by Gasteiger charge is -2.16. The molecule has 2 nitrogen and oxygen atoms in total. The van der Waals surface area contributed by atoms with Gasteiger partial charge in [-0.2, -0.15) is 0 Å². The van der Waals surface area contributed by atoms with Crippen LogP contribution in [0.25, 0.3) is 10.9 Å². The molecule has 1 aromatic heterocycles. The summed E-state index contributed by atoms with van der Waals surface area (Å²) in [5.41, 5.74) is 5.56. The number of aliphatic hydroxyl groups excluding tert-OH is 1. The highest BCUT2D eigenvalue weighted by Gasteiger charge is 2.18. The molecule has 2 heteroatoms. The van der Waals surface area contributed by atoms with Gasteiger partial charge in [-0.3, -0.25) is 0 Å². The van der Waals surface area contributed by atoms with E-state index in [-0.39, 0.29) is 6.61 Å². The van der Waals surface area contributed by atoms with Gasteiger partial charge in [0.15, 0.2) is 0 Å². The summed E-state index contributed by atoms with van der Waals surface area (Å²) in [4.78, 5) is 0. The summed E-state index contributed by atoms with van der Waals surface area (Å²) in [5.74, 6) is 0. The molecule has 3 rings (SSSR count). The number of aromatic nitrogens is 1. The maximum Gasteiger partial charge on any atom is 0.0517 e. The Bertz CT molecular complexity index is 539. The van der Waals surface area contributed by atoms with E-state index in [0.29, 0.717) is 0 Å². The first-order chi connectivity index (χ1) is 7.83. The molecule has 2 aromatic rings. The van der Waals surface area contributed by atoms with Gasteiger partial charge in [-0.15, -0.1) is 0 Å². The Morgan fingerprint density at radius 2 is 2.25 bits per heavy atom. The van der Waals surface area contributed by atoms with Crippen molar-refractivity contribution in [1.29, 1.82) is 0 Å². The van der Waals surface area contributed by atoms with Crippen molar-refractivity contribution in [3.8, 4) is 0 Å². The molecule has 2 heterocycles. The number of aryl methyl sites for hydroxylation is 2. The van der Waals surface area contributed by atoms with Crippen LogP contribution in [0.1, 0.15) is 23.2 Å². The zero-order valence-electron chi connectivity index (χ0n) is 9.66. The summed E-state index contributed by atoms with van der Waals surface area (Å²) in [6.45, 7) is 3.55. The molecule has 1 aliphatic rings. The monoisotopic (exact) mass is 215 g/mol. The molecule has 1 aromatic carbocycles. The normalized spacial score (nSPS) is 14.6. The van der Waals surface area contributed by atoms with E-state index in [4.69, 9.17) is 5.11 Å². The zero-order chi connectivity index (χ0) is 11.1. The third kappa shape index (κ3) is 1.23. The predicted octanol–water partition coefficient (Wildman–Crippen LogP) is 2.43. The average Bonchev–Trinajstić information content (AvgIpc) is 2.58. The highest BCUT2D eigenvalue weighted by Crippen LogP contribution is 2.32. The van der Waals surface area contributed by atoms with Crippen LogP contribution in [0.3, 0.4) is 0 Å². The lowest BCUT2D eigenvalue weighted by molar-refractivity contribution is 0.299. The summed E-state index contributed by atoms with van der Waals surface area (Å²) in [6.07, 6.45) is 3.21. The van der Waals surface area contributed by atoms with Crippen molar-refractivity contribution >= 4 is 10.9 Å². The Labute approximate surface area is 95.5 Å². The largest absolute Gasteiger partial charge is 0.396 e. The molecular formula is C14H17NO. The van der Waals surface area contributed by atoms with E-state index in [0.717, 1.165) is 13.0 Å². The van der Waals surface area contributed by atoms with Crippen molar-refractivity contribution in [3.05, 3.63) is 35.0 Å². The molecule has 0 amide bonds. The Hall–Kier alpha value is -1.28. The average molecular weight is 215 g/mol. The second kappa shape index (κ2) is 3.63. The molecular weight excluding hydrogens is 198 g/mol. The number of nitrogens with zero attached hydrogens (tertiary/aromatic N) is 1. The predicted molar refractivity (Wildman–Crippen MR) is 65.8 cm³/mol. The molecule has 0 atom stereocenters. The van der Waals surface area contributed by atoms with Gasteiger partial charge in [-0.1, -0.05) is 18.2 Å². The Balaban J connectivity index is 2.36. The van der Waals surface area contributed by atoms with Crippen molar-refractivity contribution in [2.75, 3.05) is 6.61 Å². The molecule has 0 radical (unpaired) electrons. The fourth-order valence-corrected chi connectivity index (χ4v) is 3.02. The molecule has 0 spiro atoms. The Morgan fingerprint density at radius 3 is 3.06 bits per heavy atom. The molecule has 84 valence electrons. The smallest absolute Gasteiger partial charge is 0.0517 e. The molecule has 1 N–H and O–H groups in total. The van der Waals surface area contributed by atoms with Crippen molar-refractivity contribution in [2.45, 2.75) is 32.7 Å². The Kier molecular flexibility index (Phi) is 2.25. The van der Waals surface area contributed by atoms with Crippen LogP contribution in [0.2, 0.25) is 0 Å². The number of hydrogen-bond donors (Lipinski definition) is 1. The van der Waals surface area contributed by atoms with Crippen LogP contribution in [0.15, 0.2) is 18.2 Å². The number of rotatable bonds is 2. The molecule has 0 fully saturated rings. The lowest BCUT2D eigenvalue weighted by Crippen LogP contribution is -2.08. The van der Waals surface area contributed by atoms with E-state index in [9.17, 15) is 0 Å². The van der Waals surface area contributed by atoms with E-state index >= 15 is 0 Å². The van der Waals surface area contributed by atoms with Crippen LogP contribution in [-0.4, -0.2) is 16.3 Å². The maximum absolute atomic E-state index is 9.16. The lowest BCUT2D eigenvalue weighted by atomic mass is 10.0. The van der Waals surface area contributed by atoms with Crippen LogP contribution < -0.4 is 0 Å². The van der Waals surface area contributed by atoms with Crippen LogP contribution >= 0.6 is 0 Å². The summed E-state index contributed by atoms with van der Waals surface area (Å²) in [5, 5.41) is 10.5. The first-order valence-electron chi connectivity index (χ1n) is 6.03. The molecule has 16 heavy (non-hydrogen) atoms. The van der Waals surface area contributed by atoms with Gasteiger partial charge in [0.05, 0.1) is 5.52 Å². The van der Waals surface area contributed by atoms with E-state index in [1.165, 1.54) is 40.6 Å². The van der Waals surface area contributed by atoms with Gasteiger partial charge in [0.1, 0.15) is 0 Å². The second-order valence-electron chi connectivity index (χ2n) is 4.61. The van der Waals surface area contributed by atoms with Gasteiger partial charge in [-0.25, -0.2) is 0 Å². The fraction of sp³-hybridized carbons (Fsp3) is 0.429. The highest BCUT2D eigenvalue weighted by molar-refractivity contribution is 5.88. The van der Waals surface area contributed by atoms with Gasteiger partial charge in [0.2, 0.25) is 0 Å². The minimum atomic E-state index is 0.240. The summed E-state index contributed by atoms with van der Waals surface area (Å²) in [6, 6.07) is 6.58. The minimum Gasteiger partial charge on any atom is -0.396 e. The van der Waals surface area contributed by atoms with Gasteiger partial charge in [0.25, 0.3) is 0 Å². The van der Waals surface area contributed by atoms with Crippen LogP contribution in [0, 0.1) is 6.92 Å². The van der Waals surface area contributed by atoms with Gasteiger partial charge in [0, 0.05) is 24.2 Å². The van der Waals surface area contributed by atoms with Crippen LogP contribution in [0.5, 0.6) is 0 Å². The molecule has 0 aliphatic carbocycles. The first-order valence-corrected chi connectivity index (χ1v) is 6.03. The summed E-state index contributed by atoms with van der Waals surface area (Å²) < 4.78 is 2.43. The maximum atomic E-state index is 9.16. The summed E-state index contributed by atoms with van der Waals surface area (Å²) >= 11 is 0. The quantitative estimate of drug-likeness (QED) is 0.817. The summed E-state index contributed by atoms with van der Waals surface area (Å²) in [7, 11) is 0. The standard InChI is InChI=1S/C14H17NO/c1-10-12(7-9-16)13-6-2-4-11-5-3-8-15(10)14(11)13/h2,4,6,16H,3,5,7-9H2,1H3. The minimum absolute atomic E-state index is 0.240. The third-order valence-corrected chi connectivity index (χ3v) is 3.75. The SMILES string of the molecule is Cc1c(CCO)c2cccc3c2n1CCC3. The number of aliphatic hydroxyl groups is 1. The van der Waals surface area contributed by atoms with Gasteiger partial charge < -0.3 is 9.67 Å². The van der Waals surface area contributed by atoms with E-state index in [2.05, 4.69) is 29.7 Å². The Morgan fingerprint density at radius 1 is 1.38 bits per heavy atom. The van der Waals surface area contributed by atoms with E-state index in [1.54, 1.807) is 0 Å². The van der Waals surface area contributed by atoms with E-state index < -0.39 is 0 Å². The van der Waals surface area contributed by atoms with Crippen LogP contribution in [0.4, 0.5) is 0 Å². The molecule has 0 saturated heterocycles. The highest BCUT2D eigenvalue weighted by atomic mass is 16.2. The number of para-hydroxylation sites is 1.